The summed E-state index contributed by atoms with van der Waals surface area (Å²) in [5, 5.41) is 0.944. The van der Waals surface area contributed by atoms with Crippen molar-refractivity contribution in [2.45, 2.75) is 19.9 Å². The molecule has 0 saturated carbocycles. The van der Waals surface area contributed by atoms with Gasteiger partial charge in [-0.25, -0.2) is 9.97 Å². The van der Waals surface area contributed by atoms with Crippen molar-refractivity contribution in [2.75, 3.05) is 0 Å². The second kappa shape index (κ2) is 6.84. The first kappa shape index (κ1) is 16.1. The highest BCUT2D eigenvalue weighted by Crippen LogP contribution is 2.20. The number of carbonyl (C=O) groups is 1. The average Bonchev–Trinajstić information content (AvgIpc) is 3.06. The summed E-state index contributed by atoms with van der Waals surface area (Å²) in [5.41, 5.74) is 3.35. The Bertz CT molecular complexity index is 1070. The number of aryl methyl sites for hydroxylation is 1. The molecule has 0 fully saturated rings. The SMILES string of the molecule is Cc1nccn1CC(=O)Cc1cc2nc(-c3cccnc3)ccc2cn1. The van der Waals surface area contributed by atoms with Crippen molar-refractivity contribution in [3.05, 3.63) is 72.8 Å². The Morgan fingerprint density at radius 3 is 2.81 bits per heavy atom. The summed E-state index contributed by atoms with van der Waals surface area (Å²) in [7, 11) is 0. The Morgan fingerprint density at radius 1 is 1.12 bits per heavy atom. The monoisotopic (exact) mass is 343 g/mol. The number of rotatable bonds is 5. The number of ketones is 1. The van der Waals surface area contributed by atoms with Crippen LogP contribution in [0.5, 0.6) is 0 Å². The van der Waals surface area contributed by atoms with Gasteiger partial charge in [-0.15, -0.1) is 0 Å². The predicted octanol–water partition coefficient (Wildman–Crippen LogP) is 3.01. The predicted molar refractivity (Wildman–Crippen MR) is 98.4 cm³/mol. The van der Waals surface area contributed by atoms with Gasteiger partial charge in [-0.3, -0.25) is 14.8 Å². The Labute approximate surface area is 150 Å². The molecular weight excluding hydrogens is 326 g/mol. The number of carbonyl (C=O) groups excluding carboxylic acids is 1. The maximum atomic E-state index is 12.3. The molecule has 0 N–H and O–H groups in total. The van der Waals surface area contributed by atoms with Gasteiger partial charge in [-0.1, -0.05) is 0 Å². The van der Waals surface area contributed by atoms with Crippen molar-refractivity contribution in [1.82, 2.24) is 24.5 Å². The van der Waals surface area contributed by atoms with Crippen LogP contribution in [0, 0.1) is 6.92 Å². The van der Waals surface area contributed by atoms with E-state index in [-0.39, 0.29) is 12.2 Å². The molecule has 0 aliphatic carbocycles. The van der Waals surface area contributed by atoms with Crippen molar-refractivity contribution in [1.29, 1.82) is 0 Å². The van der Waals surface area contributed by atoms with Gasteiger partial charge in [0.1, 0.15) is 5.82 Å². The fourth-order valence-electron chi connectivity index (χ4n) is 2.85. The first-order valence-electron chi connectivity index (χ1n) is 8.34. The number of Topliss-reactive ketones (excluding diaryl/α,β-unsaturated/α-hetero) is 1. The minimum atomic E-state index is 0.0846. The molecule has 4 rings (SSSR count). The molecule has 0 atom stereocenters. The zero-order valence-corrected chi connectivity index (χ0v) is 14.3. The summed E-state index contributed by atoms with van der Waals surface area (Å²) in [4.78, 5) is 29.7. The first-order valence-corrected chi connectivity index (χ1v) is 8.34. The zero-order valence-electron chi connectivity index (χ0n) is 14.3. The van der Waals surface area contributed by atoms with Gasteiger partial charge >= 0.3 is 0 Å². The third kappa shape index (κ3) is 3.35. The van der Waals surface area contributed by atoms with Crippen LogP contribution < -0.4 is 0 Å². The highest BCUT2D eigenvalue weighted by Gasteiger charge is 2.09. The van der Waals surface area contributed by atoms with E-state index < -0.39 is 0 Å². The molecule has 0 aromatic carbocycles. The third-order valence-corrected chi connectivity index (χ3v) is 4.24. The highest BCUT2D eigenvalue weighted by atomic mass is 16.1. The second-order valence-electron chi connectivity index (χ2n) is 6.12. The van der Waals surface area contributed by atoms with Crippen LogP contribution in [-0.4, -0.2) is 30.3 Å². The van der Waals surface area contributed by atoms with Gasteiger partial charge in [-0.2, -0.15) is 0 Å². The smallest absolute Gasteiger partial charge is 0.158 e. The molecule has 0 amide bonds. The van der Waals surface area contributed by atoms with Gasteiger partial charge in [-0.05, 0) is 37.3 Å². The molecule has 0 radical (unpaired) electrons. The summed E-state index contributed by atoms with van der Waals surface area (Å²) in [6.45, 7) is 2.18. The van der Waals surface area contributed by atoms with Crippen LogP contribution in [0.1, 0.15) is 11.5 Å². The van der Waals surface area contributed by atoms with E-state index in [1.54, 1.807) is 24.8 Å². The van der Waals surface area contributed by atoms with Crippen LogP contribution in [0.3, 0.4) is 0 Å². The molecule has 4 aromatic rings. The molecule has 0 aliphatic heterocycles. The molecule has 128 valence electrons. The van der Waals surface area contributed by atoms with E-state index >= 15 is 0 Å². The van der Waals surface area contributed by atoms with Gasteiger partial charge in [0.05, 0.1) is 24.2 Å². The van der Waals surface area contributed by atoms with Crippen LogP contribution in [0.25, 0.3) is 22.2 Å². The van der Waals surface area contributed by atoms with E-state index in [1.807, 2.05) is 48.0 Å². The van der Waals surface area contributed by atoms with Crippen LogP contribution in [-0.2, 0) is 17.8 Å². The summed E-state index contributed by atoms with van der Waals surface area (Å²) < 4.78 is 1.84. The zero-order chi connectivity index (χ0) is 17.9. The number of aromatic nitrogens is 5. The second-order valence-corrected chi connectivity index (χ2v) is 6.12. The molecule has 0 spiro atoms. The minimum absolute atomic E-state index is 0.0846. The minimum Gasteiger partial charge on any atom is -0.328 e. The van der Waals surface area contributed by atoms with Gasteiger partial charge in [0, 0.05) is 47.6 Å². The molecule has 0 bridgehead atoms. The van der Waals surface area contributed by atoms with Crippen molar-refractivity contribution in [2.24, 2.45) is 0 Å². The van der Waals surface area contributed by atoms with E-state index in [9.17, 15) is 4.79 Å². The van der Waals surface area contributed by atoms with Crippen molar-refractivity contribution >= 4 is 16.7 Å². The lowest BCUT2D eigenvalue weighted by atomic mass is 10.1. The Kier molecular flexibility index (Phi) is 4.23. The van der Waals surface area contributed by atoms with Crippen LogP contribution in [0.15, 0.2) is 61.3 Å². The van der Waals surface area contributed by atoms with E-state index in [4.69, 9.17) is 4.98 Å². The van der Waals surface area contributed by atoms with E-state index in [0.29, 0.717) is 6.54 Å². The van der Waals surface area contributed by atoms with E-state index in [0.717, 1.165) is 33.7 Å². The largest absolute Gasteiger partial charge is 0.328 e. The lowest BCUT2D eigenvalue weighted by Crippen LogP contribution is -2.13. The highest BCUT2D eigenvalue weighted by molar-refractivity contribution is 5.84. The lowest BCUT2D eigenvalue weighted by molar-refractivity contribution is -0.119. The van der Waals surface area contributed by atoms with Crippen LogP contribution in [0.4, 0.5) is 0 Å². The van der Waals surface area contributed by atoms with Gasteiger partial charge < -0.3 is 4.57 Å². The quantitative estimate of drug-likeness (QED) is 0.557. The molecule has 6 heteroatoms. The normalized spacial score (nSPS) is 11.0. The van der Waals surface area contributed by atoms with Crippen molar-refractivity contribution in [3.63, 3.8) is 0 Å². The summed E-state index contributed by atoms with van der Waals surface area (Å²) >= 11 is 0. The van der Waals surface area contributed by atoms with Crippen molar-refractivity contribution < 1.29 is 4.79 Å². The maximum absolute atomic E-state index is 12.3. The number of hydrogen-bond acceptors (Lipinski definition) is 5. The fraction of sp³-hybridized carbons (Fsp3) is 0.150. The van der Waals surface area contributed by atoms with Gasteiger partial charge in [0.25, 0.3) is 0 Å². The van der Waals surface area contributed by atoms with E-state index in [2.05, 4.69) is 15.0 Å². The lowest BCUT2D eigenvalue weighted by Gasteiger charge is -2.06. The molecule has 4 aromatic heterocycles. The topological polar surface area (TPSA) is 73.6 Å². The molecule has 0 aliphatic rings. The third-order valence-electron chi connectivity index (χ3n) is 4.24. The average molecular weight is 343 g/mol. The summed E-state index contributed by atoms with van der Waals surface area (Å²) in [6, 6.07) is 9.68. The molecule has 0 unspecified atom stereocenters. The standard InChI is InChI=1S/C20H17N5O/c1-14-22-7-8-25(14)13-18(26)9-17-10-20-16(12-23-17)4-5-19(24-20)15-3-2-6-21-11-15/h2-8,10-12H,9,13H2,1H3. The van der Waals surface area contributed by atoms with Crippen LogP contribution in [0.2, 0.25) is 0 Å². The Hall–Kier alpha value is -3.41. The Balaban J connectivity index is 1.58. The fourth-order valence-corrected chi connectivity index (χ4v) is 2.85. The summed E-state index contributed by atoms with van der Waals surface area (Å²) in [5.74, 6) is 0.911. The molecular formula is C20H17N5O. The molecule has 0 saturated heterocycles. The van der Waals surface area contributed by atoms with Gasteiger partial charge in [0.15, 0.2) is 5.78 Å². The van der Waals surface area contributed by atoms with E-state index in [1.165, 1.54) is 0 Å². The first-order chi connectivity index (χ1) is 12.7. The number of hydrogen-bond donors (Lipinski definition) is 0. The molecule has 6 nitrogen and oxygen atoms in total. The molecule has 26 heavy (non-hydrogen) atoms. The number of nitrogens with zero attached hydrogens (tertiary/aromatic N) is 5. The van der Waals surface area contributed by atoms with Gasteiger partial charge in [0.2, 0.25) is 0 Å². The van der Waals surface area contributed by atoms with Crippen molar-refractivity contribution in [3.8, 4) is 11.3 Å². The Morgan fingerprint density at radius 2 is 2.04 bits per heavy atom. The number of imidazole rings is 1. The molecule has 4 heterocycles. The maximum Gasteiger partial charge on any atom is 0.158 e. The van der Waals surface area contributed by atoms with Crippen LogP contribution >= 0.6 is 0 Å². The number of fused-ring (bicyclic) bond motifs is 1. The summed E-state index contributed by atoms with van der Waals surface area (Å²) in [6.07, 6.45) is 9.06. The number of pyridine rings is 3.